The van der Waals surface area contributed by atoms with Crippen molar-refractivity contribution in [3.8, 4) is 0 Å². The molecule has 0 radical (unpaired) electrons. The first kappa shape index (κ1) is 20.8. The van der Waals surface area contributed by atoms with Crippen LogP contribution in [0, 0.1) is 17.8 Å². The van der Waals surface area contributed by atoms with E-state index in [0.717, 1.165) is 49.9 Å². The van der Waals surface area contributed by atoms with E-state index in [4.69, 9.17) is 0 Å². The van der Waals surface area contributed by atoms with Crippen molar-refractivity contribution in [3.63, 3.8) is 0 Å². The SMILES string of the molecule is C[C@@H](Sc1ccc(S(=O)(=O)N2CCCC2)cn1)C(=O)NC12CC3CC(CC(C3)C1)C2. The van der Waals surface area contributed by atoms with Gasteiger partial charge in [0.05, 0.1) is 10.3 Å². The summed E-state index contributed by atoms with van der Waals surface area (Å²) in [6, 6.07) is 3.34. The fourth-order valence-electron chi connectivity index (χ4n) is 6.53. The average Bonchev–Trinajstić information content (AvgIpc) is 3.22. The van der Waals surface area contributed by atoms with Gasteiger partial charge in [-0.3, -0.25) is 4.79 Å². The second kappa shape index (κ2) is 7.78. The van der Waals surface area contributed by atoms with Crippen LogP contribution in [-0.2, 0) is 14.8 Å². The molecule has 1 saturated heterocycles. The molecule has 8 heteroatoms. The van der Waals surface area contributed by atoms with Gasteiger partial charge in [-0.2, -0.15) is 4.31 Å². The van der Waals surface area contributed by atoms with E-state index in [1.807, 2.05) is 6.92 Å². The molecule has 0 aromatic carbocycles. The number of nitrogens with one attached hydrogen (secondary N) is 1. The molecule has 4 saturated carbocycles. The number of carbonyl (C=O) groups excluding carboxylic acids is 1. The average molecular weight is 450 g/mol. The Kier molecular flexibility index (Phi) is 5.39. The largest absolute Gasteiger partial charge is 0.350 e. The van der Waals surface area contributed by atoms with Crippen LogP contribution in [0.15, 0.2) is 28.3 Å². The molecule has 30 heavy (non-hydrogen) atoms. The molecule has 1 aromatic heterocycles. The van der Waals surface area contributed by atoms with Gasteiger partial charge in [0.25, 0.3) is 0 Å². The lowest BCUT2D eigenvalue weighted by atomic mass is 9.53. The summed E-state index contributed by atoms with van der Waals surface area (Å²) in [6.07, 6.45) is 10.8. The molecule has 0 spiro atoms. The molecule has 4 bridgehead atoms. The number of aromatic nitrogens is 1. The number of hydrogen-bond donors (Lipinski definition) is 1. The van der Waals surface area contributed by atoms with Gasteiger partial charge in [0.1, 0.15) is 4.90 Å². The van der Waals surface area contributed by atoms with Crippen molar-refractivity contribution in [1.29, 1.82) is 0 Å². The van der Waals surface area contributed by atoms with Gasteiger partial charge in [-0.05, 0) is 88.2 Å². The monoisotopic (exact) mass is 449 g/mol. The molecule has 1 aliphatic heterocycles. The Hall–Kier alpha value is -1.12. The van der Waals surface area contributed by atoms with Gasteiger partial charge in [-0.1, -0.05) is 11.8 Å². The molecular formula is C22H31N3O3S2. The fraction of sp³-hybridized carbons (Fsp3) is 0.727. The molecule has 5 fully saturated rings. The number of sulfonamides is 1. The maximum atomic E-state index is 13.0. The normalized spacial score (nSPS) is 34.2. The zero-order chi connectivity index (χ0) is 20.9. The summed E-state index contributed by atoms with van der Waals surface area (Å²) in [7, 11) is -3.45. The molecule has 1 amide bonds. The minimum absolute atomic E-state index is 0.0156. The van der Waals surface area contributed by atoms with Gasteiger partial charge in [0, 0.05) is 24.8 Å². The Bertz CT molecular complexity index is 875. The maximum Gasteiger partial charge on any atom is 0.244 e. The van der Waals surface area contributed by atoms with E-state index < -0.39 is 10.0 Å². The van der Waals surface area contributed by atoms with Crippen LogP contribution in [0.4, 0.5) is 0 Å². The second-order valence-corrected chi connectivity index (χ2v) is 13.2. The number of rotatable bonds is 6. The zero-order valence-electron chi connectivity index (χ0n) is 17.5. The molecule has 0 unspecified atom stereocenters. The number of carbonyl (C=O) groups is 1. The van der Waals surface area contributed by atoms with Gasteiger partial charge in [-0.25, -0.2) is 13.4 Å². The Morgan fingerprint density at radius 2 is 1.73 bits per heavy atom. The lowest BCUT2D eigenvalue weighted by molar-refractivity contribution is -0.126. The topological polar surface area (TPSA) is 79.4 Å². The molecule has 2 heterocycles. The van der Waals surface area contributed by atoms with Crippen molar-refractivity contribution in [2.24, 2.45) is 17.8 Å². The van der Waals surface area contributed by atoms with Gasteiger partial charge in [0.15, 0.2) is 0 Å². The summed E-state index contributed by atoms with van der Waals surface area (Å²) in [5.74, 6) is 2.47. The third kappa shape index (κ3) is 3.91. The summed E-state index contributed by atoms with van der Waals surface area (Å²) < 4.78 is 26.8. The van der Waals surface area contributed by atoms with E-state index in [9.17, 15) is 13.2 Å². The molecule has 6 nitrogen and oxygen atoms in total. The van der Waals surface area contributed by atoms with Gasteiger partial charge in [-0.15, -0.1) is 0 Å². The lowest BCUT2D eigenvalue weighted by Gasteiger charge is -2.57. The number of hydrogen-bond acceptors (Lipinski definition) is 5. The Morgan fingerprint density at radius 3 is 2.27 bits per heavy atom. The smallest absolute Gasteiger partial charge is 0.244 e. The number of thioether (sulfide) groups is 1. The van der Waals surface area contributed by atoms with E-state index >= 15 is 0 Å². The highest BCUT2D eigenvalue weighted by Crippen LogP contribution is 2.55. The van der Waals surface area contributed by atoms with E-state index in [-0.39, 0.29) is 21.6 Å². The van der Waals surface area contributed by atoms with Crippen LogP contribution in [0.3, 0.4) is 0 Å². The lowest BCUT2D eigenvalue weighted by Crippen LogP contribution is -2.60. The van der Waals surface area contributed by atoms with Crippen molar-refractivity contribution in [1.82, 2.24) is 14.6 Å². The van der Waals surface area contributed by atoms with Crippen LogP contribution in [0.25, 0.3) is 0 Å². The molecule has 164 valence electrons. The first-order valence-corrected chi connectivity index (χ1v) is 13.6. The quantitative estimate of drug-likeness (QED) is 0.673. The first-order chi connectivity index (χ1) is 14.3. The second-order valence-electron chi connectivity index (χ2n) is 9.89. The van der Waals surface area contributed by atoms with E-state index in [1.54, 1.807) is 12.1 Å². The van der Waals surface area contributed by atoms with Crippen molar-refractivity contribution in [2.75, 3.05) is 13.1 Å². The Morgan fingerprint density at radius 1 is 1.13 bits per heavy atom. The van der Waals surface area contributed by atoms with Crippen LogP contribution in [0.2, 0.25) is 0 Å². The molecule has 1 atom stereocenters. The van der Waals surface area contributed by atoms with Gasteiger partial charge >= 0.3 is 0 Å². The summed E-state index contributed by atoms with van der Waals surface area (Å²) in [5, 5.41) is 3.85. The molecule has 1 aromatic rings. The van der Waals surface area contributed by atoms with E-state index in [1.165, 1.54) is 41.5 Å². The highest BCUT2D eigenvalue weighted by molar-refractivity contribution is 8.00. The summed E-state index contributed by atoms with van der Waals surface area (Å²) in [4.78, 5) is 17.5. The van der Waals surface area contributed by atoms with Crippen LogP contribution in [-0.4, -0.2) is 47.5 Å². The van der Waals surface area contributed by atoms with Crippen molar-refractivity contribution in [2.45, 2.75) is 79.0 Å². The van der Waals surface area contributed by atoms with Gasteiger partial charge < -0.3 is 5.32 Å². The van der Waals surface area contributed by atoms with E-state index in [2.05, 4.69) is 10.3 Å². The zero-order valence-corrected chi connectivity index (χ0v) is 19.2. The molecular weight excluding hydrogens is 418 g/mol. The molecule has 1 N–H and O–H groups in total. The minimum atomic E-state index is -3.45. The highest BCUT2D eigenvalue weighted by Gasteiger charge is 2.51. The van der Waals surface area contributed by atoms with Crippen LogP contribution >= 0.6 is 11.8 Å². The summed E-state index contributed by atoms with van der Waals surface area (Å²) >= 11 is 1.40. The number of pyridine rings is 1. The predicted octanol–water partition coefficient (Wildman–Crippen LogP) is 3.43. The van der Waals surface area contributed by atoms with Crippen molar-refractivity contribution < 1.29 is 13.2 Å². The van der Waals surface area contributed by atoms with Crippen molar-refractivity contribution >= 4 is 27.7 Å². The van der Waals surface area contributed by atoms with Crippen molar-refractivity contribution in [3.05, 3.63) is 18.3 Å². The molecule has 6 rings (SSSR count). The third-order valence-corrected chi connectivity index (χ3v) is 10.4. The van der Waals surface area contributed by atoms with Crippen LogP contribution in [0.5, 0.6) is 0 Å². The third-order valence-electron chi connectivity index (χ3n) is 7.51. The highest BCUT2D eigenvalue weighted by atomic mass is 32.2. The number of amides is 1. The standard InChI is InChI=1S/C22H31N3O3S2/c1-15(21(26)24-22-11-16-8-17(12-22)10-18(9-16)13-22)29-20-5-4-19(14-23-20)30(27,28)25-6-2-3-7-25/h4-5,14-18H,2-3,6-13H2,1H3,(H,24,26)/t15-,16?,17?,18?,22?/m1/s1. The predicted molar refractivity (Wildman–Crippen MR) is 117 cm³/mol. The Labute approximate surface area is 183 Å². The maximum absolute atomic E-state index is 13.0. The number of nitrogens with zero attached hydrogens (tertiary/aromatic N) is 2. The minimum Gasteiger partial charge on any atom is -0.350 e. The van der Waals surface area contributed by atoms with Crippen LogP contribution < -0.4 is 5.32 Å². The molecule has 4 aliphatic carbocycles. The Balaban J connectivity index is 1.21. The summed E-state index contributed by atoms with van der Waals surface area (Å²) in [6.45, 7) is 3.08. The molecule has 5 aliphatic rings. The summed E-state index contributed by atoms with van der Waals surface area (Å²) in [5.41, 5.74) is 0.0156. The first-order valence-electron chi connectivity index (χ1n) is 11.3. The fourth-order valence-corrected chi connectivity index (χ4v) is 8.78. The van der Waals surface area contributed by atoms with E-state index in [0.29, 0.717) is 18.1 Å². The van der Waals surface area contributed by atoms with Crippen LogP contribution in [0.1, 0.15) is 58.3 Å². The van der Waals surface area contributed by atoms with Gasteiger partial charge in [0.2, 0.25) is 15.9 Å².